The lowest BCUT2D eigenvalue weighted by molar-refractivity contribution is 0.0516. The highest BCUT2D eigenvalue weighted by Gasteiger charge is 2.21. The van der Waals surface area contributed by atoms with E-state index in [4.69, 9.17) is 0 Å². The van der Waals surface area contributed by atoms with Crippen LogP contribution in [-0.4, -0.2) is 28.8 Å². The van der Waals surface area contributed by atoms with Crippen molar-refractivity contribution < 1.29 is 5.11 Å². The molecule has 1 aromatic heterocycles. The Morgan fingerprint density at radius 2 is 2.43 bits per heavy atom. The van der Waals surface area contributed by atoms with Crippen LogP contribution >= 0.6 is 11.3 Å². The van der Waals surface area contributed by atoms with E-state index < -0.39 is 5.60 Å². The normalized spacial score (nSPS) is 15.4. The third-order valence-corrected chi connectivity index (χ3v) is 2.89. The van der Waals surface area contributed by atoms with Crippen molar-refractivity contribution >= 4 is 11.3 Å². The lowest BCUT2D eigenvalue weighted by Gasteiger charge is -2.21. The van der Waals surface area contributed by atoms with E-state index in [1.807, 2.05) is 12.3 Å². The van der Waals surface area contributed by atoms with Gasteiger partial charge in [0, 0.05) is 18.0 Å². The van der Waals surface area contributed by atoms with E-state index in [0.29, 0.717) is 6.42 Å². The van der Waals surface area contributed by atoms with Crippen LogP contribution in [0.25, 0.3) is 0 Å². The first-order valence-electron chi connectivity index (χ1n) is 4.95. The Kier molecular flexibility index (Phi) is 4.51. The molecule has 1 rings (SSSR count). The summed E-state index contributed by atoms with van der Waals surface area (Å²) >= 11 is 1.60. The maximum atomic E-state index is 10.0. The molecule has 0 saturated carbocycles. The molecule has 1 heterocycles. The summed E-state index contributed by atoms with van der Waals surface area (Å²) in [6, 6.07) is 0. The van der Waals surface area contributed by atoms with E-state index in [2.05, 4.69) is 17.2 Å². The smallest absolute Gasteiger partial charge is 0.0953 e. The van der Waals surface area contributed by atoms with E-state index >= 15 is 0 Å². The van der Waals surface area contributed by atoms with Gasteiger partial charge in [0.15, 0.2) is 0 Å². The molecule has 2 N–H and O–H groups in total. The molecule has 0 aliphatic heterocycles. The van der Waals surface area contributed by atoms with Crippen molar-refractivity contribution in [3.63, 3.8) is 0 Å². The summed E-state index contributed by atoms with van der Waals surface area (Å²) < 4.78 is 0. The van der Waals surface area contributed by atoms with Gasteiger partial charge in [0.2, 0.25) is 0 Å². The first-order valence-corrected chi connectivity index (χ1v) is 5.83. The number of hydrogen-bond donors (Lipinski definition) is 2. The fraction of sp³-hybridized carbons (Fsp3) is 0.700. The molecule has 0 bridgehead atoms. The molecular formula is C10H18N2OS. The summed E-state index contributed by atoms with van der Waals surface area (Å²) in [5.74, 6) is 0. The molecule has 0 fully saturated rings. The first kappa shape index (κ1) is 11.6. The van der Waals surface area contributed by atoms with Gasteiger partial charge in [0.25, 0.3) is 0 Å². The second-order valence-electron chi connectivity index (χ2n) is 3.70. The Morgan fingerprint density at radius 1 is 1.64 bits per heavy atom. The molecule has 0 amide bonds. The van der Waals surface area contributed by atoms with Gasteiger partial charge < -0.3 is 10.4 Å². The highest BCUT2D eigenvalue weighted by Crippen LogP contribution is 2.17. The van der Waals surface area contributed by atoms with Crippen LogP contribution in [0.2, 0.25) is 0 Å². The molecule has 0 saturated heterocycles. The molecule has 0 aliphatic carbocycles. The van der Waals surface area contributed by atoms with Gasteiger partial charge in [0.05, 0.1) is 10.6 Å². The molecule has 80 valence electrons. The third-order valence-electron chi connectivity index (χ3n) is 2.11. The number of aromatic nitrogens is 1. The maximum Gasteiger partial charge on any atom is 0.0953 e. The van der Waals surface area contributed by atoms with Crippen molar-refractivity contribution in [3.05, 3.63) is 16.6 Å². The number of thiazole rings is 1. The van der Waals surface area contributed by atoms with Gasteiger partial charge in [-0.05, 0) is 26.4 Å². The van der Waals surface area contributed by atoms with Crippen LogP contribution in [0.4, 0.5) is 0 Å². The molecule has 4 heteroatoms. The Hall–Kier alpha value is -0.450. The van der Waals surface area contributed by atoms with Crippen LogP contribution in [0.5, 0.6) is 0 Å². The quantitative estimate of drug-likeness (QED) is 0.704. The zero-order chi connectivity index (χ0) is 10.4. The highest BCUT2D eigenvalue weighted by molar-refractivity contribution is 7.09. The van der Waals surface area contributed by atoms with E-state index in [1.165, 1.54) is 0 Å². The minimum atomic E-state index is -0.639. The van der Waals surface area contributed by atoms with Crippen molar-refractivity contribution in [2.75, 3.05) is 13.1 Å². The van der Waals surface area contributed by atoms with Gasteiger partial charge in [-0.25, -0.2) is 4.98 Å². The lowest BCUT2D eigenvalue weighted by atomic mass is 9.99. The molecule has 1 aromatic rings. The Bertz CT molecular complexity index is 247. The van der Waals surface area contributed by atoms with Crippen molar-refractivity contribution in [3.8, 4) is 0 Å². The summed E-state index contributed by atoms with van der Waals surface area (Å²) in [6.45, 7) is 5.74. The number of rotatable bonds is 6. The summed E-state index contributed by atoms with van der Waals surface area (Å²) in [5, 5.41) is 16.2. The van der Waals surface area contributed by atoms with Crippen LogP contribution in [-0.2, 0) is 6.42 Å². The molecule has 1 atom stereocenters. The average Bonchev–Trinajstić information content (AvgIpc) is 2.56. The Morgan fingerprint density at radius 3 is 3.00 bits per heavy atom. The minimum Gasteiger partial charge on any atom is -0.390 e. The maximum absolute atomic E-state index is 10.0. The largest absolute Gasteiger partial charge is 0.390 e. The van der Waals surface area contributed by atoms with E-state index in [1.54, 1.807) is 17.5 Å². The second kappa shape index (κ2) is 5.44. The zero-order valence-corrected chi connectivity index (χ0v) is 9.60. The zero-order valence-electron chi connectivity index (χ0n) is 8.79. The van der Waals surface area contributed by atoms with Gasteiger partial charge in [-0.15, -0.1) is 11.3 Å². The number of nitrogens with zero attached hydrogens (tertiary/aromatic N) is 1. The van der Waals surface area contributed by atoms with Gasteiger partial charge >= 0.3 is 0 Å². The Balaban J connectivity index is 2.33. The number of nitrogens with one attached hydrogen (secondary N) is 1. The molecule has 0 aliphatic rings. The number of aliphatic hydroxyl groups is 1. The summed E-state index contributed by atoms with van der Waals surface area (Å²) in [6.07, 6.45) is 3.19. The summed E-state index contributed by atoms with van der Waals surface area (Å²) in [7, 11) is 0. The first-order chi connectivity index (χ1) is 6.64. The predicted octanol–water partition coefficient (Wildman–Crippen LogP) is 1.44. The van der Waals surface area contributed by atoms with Crippen LogP contribution in [0, 0.1) is 0 Å². The Labute approximate surface area is 89.2 Å². The van der Waals surface area contributed by atoms with Crippen LogP contribution in [0.1, 0.15) is 25.3 Å². The predicted molar refractivity (Wildman–Crippen MR) is 59.6 cm³/mol. The summed E-state index contributed by atoms with van der Waals surface area (Å²) in [4.78, 5) is 4.17. The van der Waals surface area contributed by atoms with Gasteiger partial charge in [-0.1, -0.05) is 6.92 Å². The molecule has 14 heavy (non-hydrogen) atoms. The summed E-state index contributed by atoms with van der Waals surface area (Å²) in [5.41, 5.74) is -0.639. The fourth-order valence-corrected chi connectivity index (χ4v) is 2.08. The minimum absolute atomic E-state index is 0.639. The molecule has 0 radical (unpaired) electrons. The standard InChI is InChI=1S/C10H18N2OS/c1-3-11-5-4-10(2,13)8-9-12-6-7-14-9/h6-7,11,13H,3-5,8H2,1-2H3. The highest BCUT2D eigenvalue weighted by atomic mass is 32.1. The molecule has 1 unspecified atom stereocenters. The topological polar surface area (TPSA) is 45.1 Å². The van der Waals surface area contributed by atoms with Crippen LogP contribution in [0.3, 0.4) is 0 Å². The van der Waals surface area contributed by atoms with Crippen molar-refractivity contribution in [1.29, 1.82) is 0 Å². The average molecular weight is 214 g/mol. The third kappa shape index (κ3) is 4.17. The van der Waals surface area contributed by atoms with Crippen LogP contribution in [0.15, 0.2) is 11.6 Å². The van der Waals surface area contributed by atoms with E-state index in [0.717, 1.165) is 24.5 Å². The van der Waals surface area contributed by atoms with Crippen molar-refractivity contribution in [2.45, 2.75) is 32.3 Å². The monoisotopic (exact) mass is 214 g/mol. The second-order valence-corrected chi connectivity index (χ2v) is 4.68. The lowest BCUT2D eigenvalue weighted by Crippen LogP contribution is -2.32. The van der Waals surface area contributed by atoms with Crippen molar-refractivity contribution in [2.24, 2.45) is 0 Å². The molecular weight excluding hydrogens is 196 g/mol. The molecule has 0 aromatic carbocycles. The van der Waals surface area contributed by atoms with Gasteiger partial charge in [-0.3, -0.25) is 0 Å². The van der Waals surface area contributed by atoms with Crippen molar-refractivity contribution in [1.82, 2.24) is 10.3 Å². The van der Waals surface area contributed by atoms with E-state index in [-0.39, 0.29) is 0 Å². The molecule has 0 spiro atoms. The fourth-order valence-electron chi connectivity index (χ4n) is 1.29. The van der Waals surface area contributed by atoms with Gasteiger partial charge in [-0.2, -0.15) is 0 Å². The van der Waals surface area contributed by atoms with Crippen LogP contribution < -0.4 is 5.32 Å². The molecule has 3 nitrogen and oxygen atoms in total. The SMILES string of the molecule is CCNCCC(C)(O)Cc1nccs1. The van der Waals surface area contributed by atoms with E-state index in [9.17, 15) is 5.11 Å². The van der Waals surface area contributed by atoms with Gasteiger partial charge in [0.1, 0.15) is 0 Å². The number of hydrogen-bond acceptors (Lipinski definition) is 4.